The van der Waals surface area contributed by atoms with E-state index in [0.717, 1.165) is 38.0 Å². The van der Waals surface area contributed by atoms with Crippen LogP contribution in [0.1, 0.15) is 51.5 Å². The molecule has 0 spiro atoms. The van der Waals surface area contributed by atoms with Crippen LogP contribution in [0.15, 0.2) is 29.2 Å². The molecule has 0 heterocycles. The van der Waals surface area contributed by atoms with Crippen molar-refractivity contribution in [3.05, 3.63) is 39.9 Å². The second-order valence-electron chi connectivity index (χ2n) is 6.15. The highest BCUT2D eigenvalue weighted by molar-refractivity contribution is 7.89. The molecule has 25 heavy (non-hydrogen) atoms. The van der Waals surface area contributed by atoms with Crippen molar-refractivity contribution in [3.63, 3.8) is 0 Å². The van der Waals surface area contributed by atoms with Gasteiger partial charge in [0.05, 0.1) is 4.90 Å². The third kappa shape index (κ3) is 8.31. The van der Waals surface area contributed by atoms with Crippen molar-refractivity contribution >= 4 is 10.0 Å². The number of benzene rings is 1. The highest BCUT2D eigenvalue weighted by atomic mass is 32.2. The summed E-state index contributed by atoms with van der Waals surface area (Å²) in [6.07, 6.45) is 6.66. The van der Waals surface area contributed by atoms with Gasteiger partial charge in [-0.25, -0.2) is 10.1 Å². The molecule has 0 aliphatic carbocycles. The van der Waals surface area contributed by atoms with Crippen LogP contribution in [0.4, 0.5) is 0 Å². The van der Waals surface area contributed by atoms with Crippen molar-refractivity contribution in [2.75, 3.05) is 19.6 Å². The van der Waals surface area contributed by atoms with Crippen LogP contribution in [0.25, 0.3) is 0 Å². The number of unbranched alkanes of at least 4 members (excludes halogenated alkanes) is 2. The van der Waals surface area contributed by atoms with Crippen LogP contribution >= 0.6 is 0 Å². The SMILES string of the molecule is CCCCN(CCCC)CCCc1ccc(S(=O)(=O)N[N+](=O)[O-])cc1. The van der Waals surface area contributed by atoms with Gasteiger partial charge in [-0.05, 0) is 67.8 Å². The van der Waals surface area contributed by atoms with Crippen molar-refractivity contribution in [2.24, 2.45) is 0 Å². The van der Waals surface area contributed by atoms with E-state index in [1.54, 1.807) is 12.1 Å². The Morgan fingerprint density at radius 3 is 2.00 bits per heavy atom. The molecule has 0 fully saturated rings. The molecule has 0 aromatic heterocycles. The molecule has 0 atom stereocenters. The molecule has 0 radical (unpaired) electrons. The molecule has 7 nitrogen and oxygen atoms in total. The van der Waals surface area contributed by atoms with Gasteiger partial charge in [0, 0.05) is 0 Å². The highest BCUT2D eigenvalue weighted by Crippen LogP contribution is 2.12. The molecule has 8 heteroatoms. The van der Waals surface area contributed by atoms with Gasteiger partial charge in [0.25, 0.3) is 0 Å². The van der Waals surface area contributed by atoms with E-state index in [4.69, 9.17) is 0 Å². The molecule has 1 aromatic rings. The lowest BCUT2D eigenvalue weighted by molar-refractivity contribution is -0.518. The third-order valence-electron chi connectivity index (χ3n) is 4.02. The molecule has 0 aliphatic heterocycles. The topological polar surface area (TPSA) is 92.6 Å². The fourth-order valence-electron chi connectivity index (χ4n) is 2.59. The minimum atomic E-state index is -4.09. The molecule has 0 amide bonds. The second kappa shape index (κ2) is 11.0. The van der Waals surface area contributed by atoms with Crippen molar-refractivity contribution in [2.45, 2.75) is 57.3 Å². The largest absolute Gasteiger partial charge is 0.311 e. The molecule has 0 bridgehead atoms. The Labute approximate surface area is 150 Å². The first-order chi connectivity index (χ1) is 11.9. The van der Waals surface area contributed by atoms with Gasteiger partial charge in [-0.2, -0.15) is 8.42 Å². The number of sulfonamides is 1. The summed E-state index contributed by atoms with van der Waals surface area (Å²) in [4.78, 5) is 14.1. The Kier molecular flexibility index (Phi) is 9.44. The number of nitrogens with zero attached hydrogens (tertiary/aromatic N) is 2. The molecule has 1 rings (SSSR count). The van der Waals surface area contributed by atoms with Crippen molar-refractivity contribution < 1.29 is 13.5 Å². The summed E-state index contributed by atoms with van der Waals surface area (Å²) >= 11 is 0. The lowest BCUT2D eigenvalue weighted by Crippen LogP contribution is -2.29. The van der Waals surface area contributed by atoms with Crippen molar-refractivity contribution in [1.29, 1.82) is 0 Å². The molecule has 142 valence electrons. The van der Waals surface area contributed by atoms with Gasteiger partial charge >= 0.3 is 10.0 Å². The Bertz CT molecular complexity index is 609. The smallest absolute Gasteiger partial charge is 0.303 e. The maximum absolute atomic E-state index is 11.7. The van der Waals surface area contributed by atoms with Gasteiger partial charge in [0.1, 0.15) is 0 Å². The normalized spacial score (nSPS) is 11.6. The van der Waals surface area contributed by atoms with E-state index in [-0.39, 0.29) is 4.90 Å². The Balaban J connectivity index is 2.53. The average Bonchev–Trinajstić information content (AvgIpc) is 2.56. The van der Waals surface area contributed by atoms with Crippen LogP contribution in [-0.2, 0) is 16.4 Å². The highest BCUT2D eigenvalue weighted by Gasteiger charge is 2.18. The first kappa shape index (κ1) is 21.4. The summed E-state index contributed by atoms with van der Waals surface area (Å²) in [5.41, 5.74) is 1.03. The van der Waals surface area contributed by atoms with Crippen molar-refractivity contribution in [3.8, 4) is 0 Å². The van der Waals surface area contributed by atoms with Gasteiger partial charge in [-0.15, -0.1) is 0 Å². The summed E-state index contributed by atoms with van der Waals surface area (Å²) in [5.74, 6) is 0. The standard InChI is InChI=1S/C17H29N3O4S/c1-3-5-13-19(14-6-4-2)15-7-8-16-9-11-17(12-10-16)25(23,24)18-20(21)22/h9-12,18H,3-8,13-15H2,1-2H3. The van der Waals surface area contributed by atoms with E-state index in [2.05, 4.69) is 18.7 Å². The first-order valence-corrected chi connectivity index (χ1v) is 10.4. The maximum atomic E-state index is 11.7. The number of aryl methyl sites for hydroxylation is 1. The molecular weight excluding hydrogens is 342 g/mol. The van der Waals surface area contributed by atoms with Crippen LogP contribution in [0.3, 0.4) is 0 Å². The predicted molar refractivity (Wildman–Crippen MR) is 98.3 cm³/mol. The number of nitro groups is 1. The summed E-state index contributed by atoms with van der Waals surface area (Å²) in [6.45, 7) is 7.67. The molecule has 0 aliphatic rings. The van der Waals surface area contributed by atoms with Crippen LogP contribution in [0.5, 0.6) is 0 Å². The number of nitrogens with one attached hydrogen (secondary N) is 1. The summed E-state index contributed by atoms with van der Waals surface area (Å²) < 4.78 is 23.4. The average molecular weight is 372 g/mol. The fourth-order valence-corrected chi connectivity index (χ4v) is 3.39. The van der Waals surface area contributed by atoms with E-state index >= 15 is 0 Å². The number of rotatable bonds is 13. The van der Waals surface area contributed by atoms with Gasteiger partial charge < -0.3 is 4.90 Å². The van der Waals surface area contributed by atoms with E-state index in [0.29, 0.717) is 0 Å². The molecule has 1 aromatic carbocycles. The Morgan fingerprint density at radius 2 is 1.52 bits per heavy atom. The predicted octanol–water partition coefficient (Wildman–Crippen LogP) is 2.99. The van der Waals surface area contributed by atoms with E-state index in [9.17, 15) is 18.5 Å². The summed E-state index contributed by atoms with van der Waals surface area (Å²) in [5, 5.41) is 9.26. The zero-order valence-electron chi connectivity index (χ0n) is 15.1. The minimum absolute atomic E-state index is 0.0968. The van der Waals surface area contributed by atoms with Gasteiger partial charge in [-0.1, -0.05) is 38.8 Å². The number of hydrazine groups is 1. The molecule has 0 unspecified atom stereocenters. The minimum Gasteiger partial charge on any atom is -0.303 e. The van der Waals surface area contributed by atoms with Crippen LogP contribution < -0.4 is 4.83 Å². The number of hydrogen-bond acceptors (Lipinski definition) is 5. The van der Waals surface area contributed by atoms with E-state index < -0.39 is 15.1 Å². The first-order valence-electron chi connectivity index (χ1n) is 8.87. The van der Waals surface area contributed by atoms with Crippen LogP contribution in [0.2, 0.25) is 0 Å². The third-order valence-corrected chi connectivity index (χ3v) is 5.31. The van der Waals surface area contributed by atoms with E-state index in [1.807, 2.05) is 0 Å². The van der Waals surface area contributed by atoms with E-state index in [1.165, 1.54) is 42.6 Å². The maximum Gasteiger partial charge on any atom is 0.311 e. The monoisotopic (exact) mass is 371 g/mol. The summed E-state index contributed by atoms with van der Waals surface area (Å²) in [6, 6.07) is 6.26. The number of hydrogen-bond donors (Lipinski definition) is 1. The zero-order chi connectivity index (χ0) is 18.7. The quantitative estimate of drug-likeness (QED) is 0.425. The van der Waals surface area contributed by atoms with Gasteiger partial charge in [0.15, 0.2) is 5.03 Å². The Morgan fingerprint density at radius 1 is 1.00 bits per heavy atom. The van der Waals surface area contributed by atoms with Gasteiger partial charge in [0.2, 0.25) is 0 Å². The van der Waals surface area contributed by atoms with Crippen molar-refractivity contribution in [1.82, 2.24) is 9.73 Å². The molecule has 0 saturated heterocycles. The zero-order valence-corrected chi connectivity index (χ0v) is 15.9. The second-order valence-corrected chi connectivity index (χ2v) is 7.81. The molecular formula is C17H29N3O4S. The molecule has 1 N–H and O–H groups in total. The molecule has 0 saturated carbocycles. The fraction of sp³-hybridized carbons (Fsp3) is 0.647. The Hall–Kier alpha value is -1.67. The van der Waals surface area contributed by atoms with Crippen LogP contribution in [-0.4, -0.2) is 38.0 Å². The lowest BCUT2D eigenvalue weighted by atomic mass is 10.1. The van der Waals surface area contributed by atoms with Gasteiger partial charge in [-0.3, -0.25) is 0 Å². The van der Waals surface area contributed by atoms with Crippen LogP contribution in [0, 0.1) is 10.1 Å². The lowest BCUT2D eigenvalue weighted by Gasteiger charge is -2.21. The summed E-state index contributed by atoms with van der Waals surface area (Å²) in [7, 11) is -4.09.